The summed E-state index contributed by atoms with van der Waals surface area (Å²) >= 11 is 3.22. The standard InChI is InChI=1S/C15H16BrFO3/c16-12-10(2-1-3-11(12)17)8-15(14(18)19)6-7-20-13(15)9-4-5-9/h1-3,9,13H,4-8H2,(H,18,19). The number of carboxylic acids is 1. The van der Waals surface area contributed by atoms with E-state index in [-0.39, 0.29) is 11.9 Å². The van der Waals surface area contributed by atoms with Gasteiger partial charge in [-0.15, -0.1) is 0 Å². The van der Waals surface area contributed by atoms with Crippen LogP contribution in [0, 0.1) is 17.2 Å². The lowest BCUT2D eigenvalue weighted by Crippen LogP contribution is -2.42. The Morgan fingerprint density at radius 2 is 2.25 bits per heavy atom. The molecule has 0 aromatic heterocycles. The van der Waals surface area contributed by atoms with Gasteiger partial charge in [-0.3, -0.25) is 4.79 Å². The molecule has 2 aliphatic rings. The van der Waals surface area contributed by atoms with Gasteiger partial charge >= 0.3 is 5.97 Å². The summed E-state index contributed by atoms with van der Waals surface area (Å²) in [5.74, 6) is -0.839. The Labute approximate surface area is 125 Å². The van der Waals surface area contributed by atoms with Gasteiger partial charge in [-0.25, -0.2) is 4.39 Å². The van der Waals surface area contributed by atoms with Crippen molar-refractivity contribution in [2.45, 2.75) is 31.8 Å². The fourth-order valence-electron chi connectivity index (χ4n) is 3.17. The first-order valence-corrected chi connectivity index (χ1v) is 7.62. The Bertz CT molecular complexity index is 544. The molecule has 1 aliphatic heterocycles. The Kier molecular flexibility index (Phi) is 3.58. The van der Waals surface area contributed by atoms with Gasteiger partial charge in [0.25, 0.3) is 0 Å². The van der Waals surface area contributed by atoms with Gasteiger partial charge in [0.2, 0.25) is 0 Å². The van der Waals surface area contributed by atoms with E-state index in [4.69, 9.17) is 4.74 Å². The molecular formula is C15H16BrFO3. The Morgan fingerprint density at radius 1 is 1.50 bits per heavy atom. The number of benzene rings is 1. The zero-order valence-corrected chi connectivity index (χ0v) is 12.5. The number of hydrogen-bond acceptors (Lipinski definition) is 2. The van der Waals surface area contributed by atoms with Crippen molar-refractivity contribution in [1.29, 1.82) is 0 Å². The second kappa shape index (κ2) is 5.11. The van der Waals surface area contributed by atoms with E-state index in [1.165, 1.54) is 6.07 Å². The minimum Gasteiger partial charge on any atom is -0.481 e. The third-order valence-corrected chi connectivity index (χ3v) is 5.29. The number of aliphatic carboxylic acids is 1. The maximum absolute atomic E-state index is 13.6. The van der Waals surface area contributed by atoms with Crippen LogP contribution in [0.3, 0.4) is 0 Å². The predicted molar refractivity (Wildman–Crippen MR) is 75.0 cm³/mol. The van der Waals surface area contributed by atoms with Crippen molar-refractivity contribution in [3.8, 4) is 0 Å². The van der Waals surface area contributed by atoms with E-state index in [9.17, 15) is 14.3 Å². The fraction of sp³-hybridized carbons (Fsp3) is 0.533. The highest BCUT2D eigenvalue weighted by Gasteiger charge is 2.55. The van der Waals surface area contributed by atoms with Gasteiger partial charge in [-0.05, 0) is 59.2 Å². The molecule has 5 heteroatoms. The SMILES string of the molecule is O=C(O)C1(Cc2cccc(F)c2Br)CCOC1C1CC1. The summed E-state index contributed by atoms with van der Waals surface area (Å²) in [6.45, 7) is 0.473. The molecular weight excluding hydrogens is 327 g/mol. The number of hydrogen-bond donors (Lipinski definition) is 1. The molecule has 108 valence electrons. The van der Waals surface area contributed by atoms with Crippen LogP contribution >= 0.6 is 15.9 Å². The fourth-order valence-corrected chi connectivity index (χ4v) is 3.58. The van der Waals surface area contributed by atoms with E-state index in [1.54, 1.807) is 12.1 Å². The first-order valence-electron chi connectivity index (χ1n) is 6.82. The Hall–Kier alpha value is -0.940. The van der Waals surface area contributed by atoms with Crippen molar-refractivity contribution in [2.75, 3.05) is 6.61 Å². The minimum atomic E-state index is -0.919. The van der Waals surface area contributed by atoms with Crippen molar-refractivity contribution in [3.63, 3.8) is 0 Å². The molecule has 0 amide bonds. The lowest BCUT2D eigenvalue weighted by atomic mass is 9.74. The van der Waals surface area contributed by atoms with Crippen molar-refractivity contribution < 1.29 is 19.0 Å². The second-order valence-electron chi connectivity index (χ2n) is 5.73. The van der Waals surface area contributed by atoms with Crippen molar-refractivity contribution >= 4 is 21.9 Å². The van der Waals surface area contributed by atoms with Crippen molar-refractivity contribution in [1.82, 2.24) is 0 Å². The molecule has 1 saturated heterocycles. The van der Waals surface area contributed by atoms with Gasteiger partial charge in [0.05, 0.1) is 10.6 Å². The number of rotatable bonds is 4. The molecule has 1 saturated carbocycles. The summed E-state index contributed by atoms with van der Waals surface area (Å²) in [5, 5.41) is 9.74. The molecule has 1 N–H and O–H groups in total. The summed E-state index contributed by atoms with van der Waals surface area (Å²) in [4.78, 5) is 11.9. The molecule has 0 radical (unpaired) electrons. The maximum Gasteiger partial charge on any atom is 0.312 e. The van der Waals surface area contributed by atoms with Crippen molar-refractivity contribution in [3.05, 3.63) is 34.1 Å². The number of ether oxygens (including phenoxy) is 1. The van der Waals surface area contributed by atoms with Gasteiger partial charge in [0.15, 0.2) is 0 Å². The monoisotopic (exact) mass is 342 g/mol. The molecule has 1 aliphatic carbocycles. The molecule has 2 atom stereocenters. The Morgan fingerprint density at radius 3 is 2.90 bits per heavy atom. The second-order valence-corrected chi connectivity index (χ2v) is 6.52. The lowest BCUT2D eigenvalue weighted by molar-refractivity contribution is -0.153. The van der Waals surface area contributed by atoms with Gasteiger partial charge in [-0.2, -0.15) is 0 Å². The molecule has 3 rings (SSSR count). The molecule has 2 fully saturated rings. The topological polar surface area (TPSA) is 46.5 Å². The van der Waals surface area contributed by atoms with Gasteiger partial charge in [-0.1, -0.05) is 12.1 Å². The van der Waals surface area contributed by atoms with Crippen LogP contribution in [0.15, 0.2) is 22.7 Å². The predicted octanol–water partition coefficient (Wildman–Crippen LogP) is 3.40. The summed E-state index contributed by atoms with van der Waals surface area (Å²) in [6, 6.07) is 4.76. The van der Waals surface area contributed by atoms with Crippen LogP contribution in [0.25, 0.3) is 0 Å². The van der Waals surface area contributed by atoms with E-state index >= 15 is 0 Å². The van der Waals surface area contributed by atoms with Crippen LogP contribution in [-0.2, 0) is 16.0 Å². The largest absolute Gasteiger partial charge is 0.481 e. The summed E-state index contributed by atoms with van der Waals surface area (Å²) < 4.78 is 19.7. The molecule has 20 heavy (non-hydrogen) atoms. The van der Waals surface area contributed by atoms with E-state index < -0.39 is 11.4 Å². The van der Waals surface area contributed by atoms with E-state index in [2.05, 4.69) is 15.9 Å². The zero-order valence-electron chi connectivity index (χ0n) is 10.9. The van der Waals surface area contributed by atoms with Gasteiger partial charge in [0.1, 0.15) is 11.2 Å². The molecule has 0 bridgehead atoms. The van der Waals surface area contributed by atoms with E-state index in [0.29, 0.717) is 35.4 Å². The van der Waals surface area contributed by atoms with Gasteiger partial charge in [0, 0.05) is 6.61 Å². The van der Waals surface area contributed by atoms with Gasteiger partial charge < -0.3 is 9.84 Å². The first-order chi connectivity index (χ1) is 9.54. The molecule has 0 spiro atoms. The third-order valence-electron chi connectivity index (χ3n) is 4.40. The average molecular weight is 343 g/mol. The van der Waals surface area contributed by atoms with E-state index in [1.807, 2.05) is 0 Å². The molecule has 1 heterocycles. The number of halogens is 2. The number of carbonyl (C=O) groups is 1. The van der Waals surface area contributed by atoms with Crippen LogP contribution in [0.5, 0.6) is 0 Å². The summed E-state index contributed by atoms with van der Waals surface area (Å²) in [7, 11) is 0. The molecule has 1 aromatic rings. The van der Waals surface area contributed by atoms with E-state index in [0.717, 1.165) is 12.8 Å². The first kappa shape index (κ1) is 14.0. The van der Waals surface area contributed by atoms with Crippen LogP contribution in [0.1, 0.15) is 24.8 Å². The van der Waals surface area contributed by atoms with Crippen LogP contribution in [0.4, 0.5) is 4.39 Å². The molecule has 2 unspecified atom stereocenters. The third kappa shape index (κ3) is 2.27. The quantitative estimate of drug-likeness (QED) is 0.912. The average Bonchev–Trinajstić information content (AvgIpc) is 3.16. The Balaban J connectivity index is 1.95. The van der Waals surface area contributed by atoms with Crippen LogP contribution < -0.4 is 0 Å². The van der Waals surface area contributed by atoms with Crippen LogP contribution in [-0.4, -0.2) is 23.8 Å². The minimum absolute atomic E-state index is 0.241. The molecule has 3 nitrogen and oxygen atoms in total. The maximum atomic E-state index is 13.6. The van der Waals surface area contributed by atoms with Crippen molar-refractivity contribution in [2.24, 2.45) is 11.3 Å². The highest BCUT2D eigenvalue weighted by molar-refractivity contribution is 9.10. The van der Waals surface area contributed by atoms with Crippen LogP contribution in [0.2, 0.25) is 0 Å². The highest BCUT2D eigenvalue weighted by Crippen LogP contribution is 2.50. The highest BCUT2D eigenvalue weighted by atomic mass is 79.9. The lowest BCUT2D eigenvalue weighted by Gasteiger charge is -2.30. The number of carboxylic acid groups (broad SMARTS) is 1. The zero-order chi connectivity index (χ0) is 14.3. The smallest absolute Gasteiger partial charge is 0.312 e. The summed E-state index contributed by atoms with van der Waals surface area (Å²) in [5.41, 5.74) is -0.221. The molecule has 1 aromatic carbocycles. The normalized spacial score (nSPS) is 29.6. The summed E-state index contributed by atoms with van der Waals surface area (Å²) in [6.07, 6.45) is 2.62.